The molecule has 3 aromatic carbocycles. The number of ether oxygens (including phenoxy) is 2. The first-order valence-corrected chi connectivity index (χ1v) is 24.1. The number of hydrogen-bond donors (Lipinski definition) is 2. The van der Waals surface area contributed by atoms with Crippen molar-refractivity contribution in [3.8, 4) is 34.4 Å². The Morgan fingerprint density at radius 3 is 2.53 bits per heavy atom. The molecule has 0 saturated carbocycles. The Kier molecular flexibility index (Phi) is 10.5. The van der Waals surface area contributed by atoms with Crippen molar-refractivity contribution >= 4 is 35.6 Å². The maximum atomic E-state index is 17.7. The summed E-state index contributed by atoms with van der Waals surface area (Å²) in [6.07, 6.45) is 5.32. The number of piperazine rings is 1. The van der Waals surface area contributed by atoms with Crippen molar-refractivity contribution in [2.24, 2.45) is 0 Å². The second-order valence-corrected chi connectivity index (χ2v) is 24.7. The Bertz CT molecular complexity index is 2320. The summed E-state index contributed by atoms with van der Waals surface area (Å²) in [5, 5.41) is 16.5. The second kappa shape index (κ2) is 15.2. The van der Waals surface area contributed by atoms with Crippen LogP contribution in [0.4, 0.5) is 19.0 Å². The molecule has 9 rings (SSSR count). The van der Waals surface area contributed by atoms with Crippen LogP contribution in [0.5, 0.6) is 11.8 Å². The molecule has 12 heteroatoms. The number of nitrogens with one attached hydrogen (secondary N) is 1. The first-order chi connectivity index (χ1) is 28.2. The molecule has 4 aromatic rings. The van der Waals surface area contributed by atoms with Crippen molar-refractivity contribution in [3.63, 3.8) is 0 Å². The number of benzene rings is 3. The van der Waals surface area contributed by atoms with Gasteiger partial charge in [0.05, 0.1) is 22.7 Å². The van der Waals surface area contributed by atoms with Gasteiger partial charge in [0.2, 0.25) is 0 Å². The Labute approximate surface area is 347 Å². The molecule has 8 nitrogen and oxygen atoms in total. The number of halogens is 3. The molecule has 0 spiro atoms. The second-order valence-electron chi connectivity index (χ2n) is 19.1. The molecule has 5 aliphatic rings. The number of rotatable bonds is 9. The standard InChI is InChI=1S/C47H58F3N5O3Si/c1-28(2)59(29(3)4,30(5)6)20-15-36-39(49)13-10-31-21-34(56)22-38(41(31)36)35-11-12-37-43(42(35)50)51-45(58-27-46-16-8-18-55(46)24-32(48)23-46)52-44(37)54-25-33-14-17-47(26-54,53-33)40-9-7-19-57-40/h10-13,21-22,28-30,32-33,40,53,56H,7-9,14,16-19,23-27H2,1-6H3/t32-,33+,40+,46+,47-/m1/s1. The van der Waals surface area contributed by atoms with Crippen LogP contribution in [-0.2, 0) is 4.74 Å². The van der Waals surface area contributed by atoms with Crippen molar-refractivity contribution in [2.45, 2.75) is 133 Å². The SMILES string of the molecule is CC(C)[Si](C#Cc1c(F)ccc2cc(O)cc(-c3ccc4c(N5C[C@@H]6CC[C@]([C@@H]7CCCO7)(C5)N6)nc(OC[C@@]56CCCN5C[C@H](F)C6)nc4c3F)c12)(C(C)C)C(C)C. The number of phenols is 1. The first kappa shape index (κ1) is 40.5. The van der Waals surface area contributed by atoms with Gasteiger partial charge in [0.1, 0.15) is 43.8 Å². The number of hydrogen-bond acceptors (Lipinski definition) is 8. The Morgan fingerprint density at radius 1 is 0.983 bits per heavy atom. The molecule has 314 valence electrons. The number of alkyl halides is 1. The third-order valence-electron chi connectivity index (χ3n) is 14.8. The number of anilines is 1. The lowest BCUT2D eigenvalue weighted by Gasteiger charge is -2.45. The summed E-state index contributed by atoms with van der Waals surface area (Å²) in [5.41, 5.74) is 4.72. The van der Waals surface area contributed by atoms with Gasteiger partial charge in [-0.1, -0.05) is 59.6 Å². The molecule has 5 atom stereocenters. The molecule has 0 amide bonds. The molecule has 2 N–H and O–H groups in total. The Hall–Kier alpha value is -3.89. The predicted octanol–water partition coefficient (Wildman–Crippen LogP) is 9.45. The average Bonchev–Trinajstić information content (AvgIpc) is 3.99. The van der Waals surface area contributed by atoms with E-state index in [4.69, 9.17) is 19.4 Å². The molecule has 59 heavy (non-hydrogen) atoms. The molecule has 5 fully saturated rings. The van der Waals surface area contributed by atoms with Gasteiger partial charge in [-0.2, -0.15) is 9.97 Å². The summed E-state index contributed by atoms with van der Waals surface area (Å²) in [7, 11) is -2.28. The van der Waals surface area contributed by atoms with Crippen molar-refractivity contribution in [1.82, 2.24) is 20.2 Å². The number of aromatic hydroxyl groups is 1. The highest BCUT2D eigenvalue weighted by molar-refractivity contribution is 6.90. The van der Waals surface area contributed by atoms with Gasteiger partial charge in [0.15, 0.2) is 5.82 Å². The average molecular weight is 826 g/mol. The van der Waals surface area contributed by atoms with Crippen LogP contribution in [0.3, 0.4) is 0 Å². The summed E-state index contributed by atoms with van der Waals surface area (Å²) in [5.74, 6) is 2.72. The zero-order valence-electron chi connectivity index (χ0n) is 35.3. The Balaban J connectivity index is 1.20. The lowest BCUT2D eigenvalue weighted by atomic mass is 9.88. The lowest BCUT2D eigenvalue weighted by Crippen LogP contribution is -2.65. The molecule has 0 unspecified atom stereocenters. The fraction of sp³-hybridized carbons (Fsp3) is 0.574. The normalized spacial score (nSPS) is 27.1. The quantitative estimate of drug-likeness (QED) is 0.128. The molecular formula is C47H58F3N5O3Si. The van der Waals surface area contributed by atoms with E-state index < -0.39 is 31.4 Å². The monoisotopic (exact) mass is 825 g/mol. The Morgan fingerprint density at radius 2 is 1.78 bits per heavy atom. The van der Waals surface area contributed by atoms with Crippen LogP contribution in [0.25, 0.3) is 32.8 Å². The van der Waals surface area contributed by atoms with Crippen LogP contribution in [0.2, 0.25) is 16.6 Å². The highest BCUT2D eigenvalue weighted by Crippen LogP contribution is 2.45. The van der Waals surface area contributed by atoms with E-state index >= 15 is 8.78 Å². The highest BCUT2D eigenvalue weighted by atomic mass is 28.3. The summed E-state index contributed by atoms with van der Waals surface area (Å²) < 4.78 is 61.4. The maximum absolute atomic E-state index is 17.7. The lowest BCUT2D eigenvalue weighted by molar-refractivity contribution is 0.0326. The minimum atomic E-state index is -2.28. The summed E-state index contributed by atoms with van der Waals surface area (Å²) in [6.45, 7) is 16.8. The minimum Gasteiger partial charge on any atom is -0.508 e. The van der Waals surface area contributed by atoms with Crippen LogP contribution in [0, 0.1) is 23.1 Å². The first-order valence-electron chi connectivity index (χ1n) is 21.9. The van der Waals surface area contributed by atoms with E-state index in [2.05, 4.69) is 68.1 Å². The number of phenolic OH excluding ortho intramolecular Hbond substituents is 1. The number of aromatic nitrogens is 2. The third kappa shape index (κ3) is 6.79. The van der Waals surface area contributed by atoms with Crippen LogP contribution >= 0.6 is 0 Å². The van der Waals surface area contributed by atoms with Gasteiger partial charge in [-0.05, 0) is 96.9 Å². The van der Waals surface area contributed by atoms with E-state index in [1.165, 1.54) is 12.1 Å². The third-order valence-corrected chi connectivity index (χ3v) is 21.1. The van der Waals surface area contributed by atoms with Gasteiger partial charge in [0, 0.05) is 55.0 Å². The van der Waals surface area contributed by atoms with Gasteiger partial charge >= 0.3 is 6.01 Å². The molecule has 0 aliphatic carbocycles. The van der Waals surface area contributed by atoms with Gasteiger partial charge in [-0.25, -0.2) is 13.2 Å². The number of fused-ring (bicyclic) bond motifs is 5. The minimum absolute atomic E-state index is 0.0415. The summed E-state index contributed by atoms with van der Waals surface area (Å²) in [6, 6.07) is 9.85. The van der Waals surface area contributed by atoms with Crippen molar-refractivity contribution < 1.29 is 27.8 Å². The van der Waals surface area contributed by atoms with Gasteiger partial charge in [0.25, 0.3) is 0 Å². The molecule has 1 aromatic heterocycles. The smallest absolute Gasteiger partial charge is 0.319 e. The van der Waals surface area contributed by atoms with E-state index in [1.807, 2.05) is 6.07 Å². The molecule has 5 aliphatic heterocycles. The predicted molar refractivity (Wildman–Crippen MR) is 231 cm³/mol. The summed E-state index contributed by atoms with van der Waals surface area (Å²) in [4.78, 5) is 14.2. The molecule has 2 bridgehead atoms. The highest BCUT2D eigenvalue weighted by Gasteiger charge is 2.52. The van der Waals surface area contributed by atoms with Crippen LogP contribution in [0.1, 0.15) is 92.1 Å². The zero-order chi connectivity index (χ0) is 41.4. The largest absolute Gasteiger partial charge is 0.508 e. The van der Waals surface area contributed by atoms with Crippen LogP contribution in [0.15, 0.2) is 36.4 Å². The van der Waals surface area contributed by atoms with Crippen LogP contribution in [-0.4, -0.2) is 96.8 Å². The van der Waals surface area contributed by atoms with E-state index in [0.717, 1.165) is 51.7 Å². The molecule has 6 heterocycles. The zero-order valence-corrected chi connectivity index (χ0v) is 36.3. The van der Waals surface area contributed by atoms with Crippen molar-refractivity contribution in [3.05, 3.63) is 53.6 Å². The van der Waals surface area contributed by atoms with Crippen molar-refractivity contribution in [1.29, 1.82) is 0 Å². The fourth-order valence-electron chi connectivity index (χ4n) is 12.1. The van der Waals surface area contributed by atoms with Crippen LogP contribution < -0.4 is 15.0 Å². The van der Waals surface area contributed by atoms with E-state index in [-0.39, 0.29) is 52.7 Å². The molecule has 0 radical (unpaired) electrons. The number of nitrogens with zero attached hydrogens (tertiary/aromatic N) is 4. The maximum Gasteiger partial charge on any atom is 0.319 e. The van der Waals surface area contributed by atoms with Crippen molar-refractivity contribution in [2.75, 3.05) is 44.3 Å². The van der Waals surface area contributed by atoms with E-state index in [1.54, 1.807) is 18.2 Å². The van der Waals surface area contributed by atoms with Gasteiger partial charge in [-0.15, -0.1) is 5.54 Å². The topological polar surface area (TPSA) is 83.0 Å². The molecular weight excluding hydrogens is 768 g/mol. The van der Waals surface area contributed by atoms with E-state index in [9.17, 15) is 9.50 Å². The summed E-state index contributed by atoms with van der Waals surface area (Å²) >= 11 is 0. The molecule has 5 saturated heterocycles. The van der Waals surface area contributed by atoms with Gasteiger partial charge in [-0.3, -0.25) is 4.90 Å². The fourth-order valence-corrected chi connectivity index (χ4v) is 17.3. The van der Waals surface area contributed by atoms with E-state index in [0.29, 0.717) is 70.2 Å². The van der Waals surface area contributed by atoms with Gasteiger partial charge < -0.3 is 24.8 Å².